The van der Waals surface area contributed by atoms with Crippen molar-refractivity contribution < 1.29 is 27.4 Å². The van der Waals surface area contributed by atoms with E-state index >= 15 is 0 Å². The van der Waals surface area contributed by atoms with Crippen LogP contribution >= 0.6 is 0 Å². The normalized spacial score (nSPS) is 10.2. The molecule has 0 unspecified atom stereocenters. The number of halogens is 3. The molecule has 0 heterocycles. The molecule has 0 aliphatic carbocycles. The second kappa shape index (κ2) is 6.38. The first-order valence-electron chi connectivity index (χ1n) is 6.14. The van der Waals surface area contributed by atoms with Gasteiger partial charge in [-0.05, 0) is 24.3 Å². The molecule has 0 aliphatic rings. The maximum absolute atomic E-state index is 13.6. The highest BCUT2D eigenvalue weighted by atomic mass is 19.2. The van der Waals surface area contributed by atoms with Gasteiger partial charge in [-0.2, -0.15) is 0 Å². The number of anilines is 1. The fourth-order valence-corrected chi connectivity index (χ4v) is 1.76. The topological polar surface area (TPSA) is 47.6 Å². The second-order valence-electron chi connectivity index (χ2n) is 4.28. The number of ether oxygens (including phenoxy) is 2. The van der Waals surface area contributed by atoms with Crippen LogP contribution in [0.4, 0.5) is 18.9 Å². The highest BCUT2D eigenvalue weighted by Gasteiger charge is 2.17. The summed E-state index contributed by atoms with van der Waals surface area (Å²) in [5.74, 6) is -4.46. The lowest BCUT2D eigenvalue weighted by molar-refractivity contribution is 0.102. The minimum absolute atomic E-state index is 0.111. The molecule has 0 radical (unpaired) electrons. The lowest BCUT2D eigenvalue weighted by atomic mass is 10.1. The minimum Gasteiger partial charge on any atom is -0.497 e. The average molecular weight is 311 g/mol. The molecule has 2 aromatic rings. The van der Waals surface area contributed by atoms with Crippen LogP contribution in [0.3, 0.4) is 0 Å². The third-order valence-corrected chi connectivity index (χ3v) is 2.90. The van der Waals surface area contributed by atoms with Crippen LogP contribution < -0.4 is 14.8 Å². The van der Waals surface area contributed by atoms with Gasteiger partial charge in [0.2, 0.25) is 0 Å². The number of nitrogens with one attached hydrogen (secondary N) is 1. The van der Waals surface area contributed by atoms with Crippen molar-refractivity contribution in [1.82, 2.24) is 0 Å². The van der Waals surface area contributed by atoms with E-state index in [0.717, 1.165) is 12.1 Å². The number of carbonyl (C=O) groups excluding carboxylic acids is 1. The summed E-state index contributed by atoms with van der Waals surface area (Å²) < 4.78 is 49.6. The fourth-order valence-electron chi connectivity index (χ4n) is 1.76. The zero-order chi connectivity index (χ0) is 16.3. The lowest BCUT2D eigenvalue weighted by Gasteiger charge is -2.10. The molecule has 0 fully saturated rings. The maximum atomic E-state index is 13.6. The Bertz CT molecular complexity index is 697. The lowest BCUT2D eigenvalue weighted by Crippen LogP contribution is -2.14. The van der Waals surface area contributed by atoms with Gasteiger partial charge in [-0.15, -0.1) is 0 Å². The van der Waals surface area contributed by atoms with Crippen molar-refractivity contribution in [2.24, 2.45) is 0 Å². The quantitative estimate of drug-likeness (QED) is 0.881. The molecule has 116 valence electrons. The van der Waals surface area contributed by atoms with Gasteiger partial charge in [-0.25, -0.2) is 13.2 Å². The molecule has 0 atom stereocenters. The first-order valence-corrected chi connectivity index (χ1v) is 6.14. The van der Waals surface area contributed by atoms with Gasteiger partial charge in [0.05, 0.1) is 19.9 Å². The van der Waals surface area contributed by atoms with E-state index in [1.807, 2.05) is 0 Å². The van der Waals surface area contributed by atoms with Crippen molar-refractivity contribution in [1.29, 1.82) is 0 Å². The molecule has 1 N–H and O–H groups in total. The molecule has 0 bridgehead atoms. The highest BCUT2D eigenvalue weighted by molar-refractivity contribution is 6.04. The molecular formula is C15H12F3NO3. The van der Waals surface area contributed by atoms with E-state index in [4.69, 9.17) is 9.47 Å². The van der Waals surface area contributed by atoms with E-state index in [9.17, 15) is 18.0 Å². The predicted octanol–water partition coefficient (Wildman–Crippen LogP) is 3.37. The molecule has 2 rings (SSSR count). The number of amides is 1. The summed E-state index contributed by atoms with van der Waals surface area (Å²) in [7, 11) is 2.82. The van der Waals surface area contributed by atoms with E-state index in [-0.39, 0.29) is 5.56 Å². The molecule has 1 amide bonds. The Balaban J connectivity index is 2.31. The van der Waals surface area contributed by atoms with Crippen LogP contribution in [0.2, 0.25) is 0 Å². The van der Waals surface area contributed by atoms with Gasteiger partial charge in [0, 0.05) is 11.6 Å². The van der Waals surface area contributed by atoms with Crippen LogP contribution in [-0.4, -0.2) is 20.1 Å². The molecule has 0 aromatic heterocycles. The first kappa shape index (κ1) is 15.7. The molecule has 0 aliphatic heterocycles. The van der Waals surface area contributed by atoms with Crippen molar-refractivity contribution in [2.75, 3.05) is 19.5 Å². The summed E-state index contributed by atoms with van der Waals surface area (Å²) in [5, 5.41) is 2.17. The molecule has 2 aromatic carbocycles. The van der Waals surface area contributed by atoms with Crippen LogP contribution in [-0.2, 0) is 0 Å². The number of methoxy groups -OCH3 is 2. The summed E-state index contributed by atoms with van der Waals surface area (Å²) in [6, 6.07) is 6.00. The molecular weight excluding hydrogens is 299 g/mol. The summed E-state index contributed by atoms with van der Waals surface area (Å²) in [4.78, 5) is 12.1. The minimum atomic E-state index is -1.65. The Morgan fingerprint density at radius 3 is 2.09 bits per heavy atom. The van der Waals surface area contributed by atoms with Crippen molar-refractivity contribution in [3.05, 3.63) is 53.3 Å². The third-order valence-electron chi connectivity index (χ3n) is 2.90. The average Bonchev–Trinajstić information content (AvgIpc) is 2.54. The summed E-state index contributed by atoms with van der Waals surface area (Å²) in [6.07, 6.45) is 0. The third kappa shape index (κ3) is 3.13. The Morgan fingerprint density at radius 2 is 1.55 bits per heavy atom. The fraction of sp³-hybridized carbons (Fsp3) is 0.133. The van der Waals surface area contributed by atoms with Gasteiger partial charge in [0.25, 0.3) is 5.91 Å². The van der Waals surface area contributed by atoms with Crippen LogP contribution in [0.25, 0.3) is 0 Å². The monoisotopic (exact) mass is 311 g/mol. The van der Waals surface area contributed by atoms with Crippen molar-refractivity contribution in [3.8, 4) is 11.5 Å². The summed E-state index contributed by atoms with van der Waals surface area (Å²) in [5.41, 5.74) is -0.356. The SMILES string of the molecule is COc1cc(OC)cc(C(=O)Nc2ccc(F)c(F)c2F)c1. The number of benzene rings is 2. The molecule has 0 saturated carbocycles. The van der Waals surface area contributed by atoms with E-state index in [1.165, 1.54) is 26.4 Å². The Hall–Kier alpha value is -2.70. The Labute approximate surface area is 124 Å². The standard InChI is InChI=1S/C15H12F3NO3/c1-21-9-5-8(6-10(7-9)22-2)15(20)19-12-4-3-11(16)13(17)14(12)18/h3-7H,1-2H3,(H,19,20). The van der Waals surface area contributed by atoms with Crippen molar-refractivity contribution >= 4 is 11.6 Å². The predicted molar refractivity (Wildman–Crippen MR) is 73.8 cm³/mol. The van der Waals surface area contributed by atoms with E-state index < -0.39 is 29.0 Å². The van der Waals surface area contributed by atoms with Gasteiger partial charge < -0.3 is 14.8 Å². The van der Waals surface area contributed by atoms with Crippen LogP contribution in [0, 0.1) is 17.5 Å². The number of hydrogen-bond donors (Lipinski definition) is 1. The van der Waals surface area contributed by atoms with E-state index in [1.54, 1.807) is 6.07 Å². The van der Waals surface area contributed by atoms with Crippen LogP contribution in [0.1, 0.15) is 10.4 Å². The van der Waals surface area contributed by atoms with Crippen molar-refractivity contribution in [3.63, 3.8) is 0 Å². The molecule has 7 heteroatoms. The largest absolute Gasteiger partial charge is 0.497 e. The smallest absolute Gasteiger partial charge is 0.256 e. The maximum Gasteiger partial charge on any atom is 0.256 e. The second-order valence-corrected chi connectivity index (χ2v) is 4.28. The van der Waals surface area contributed by atoms with Crippen LogP contribution in [0.5, 0.6) is 11.5 Å². The van der Waals surface area contributed by atoms with Crippen molar-refractivity contribution in [2.45, 2.75) is 0 Å². The van der Waals surface area contributed by atoms with Gasteiger partial charge in [0.1, 0.15) is 11.5 Å². The first-order chi connectivity index (χ1) is 10.5. The summed E-state index contributed by atoms with van der Waals surface area (Å²) >= 11 is 0. The molecule has 0 spiro atoms. The number of hydrogen-bond acceptors (Lipinski definition) is 3. The van der Waals surface area contributed by atoms with Crippen LogP contribution in [0.15, 0.2) is 30.3 Å². The number of carbonyl (C=O) groups is 1. The number of rotatable bonds is 4. The zero-order valence-electron chi connectivity index (χ0n) is 11.7. The van der Waals surface area contributed by atoms with Gasteiger partial charge in [-0.1, -0.05) is 0 Å². The summed E-state index contributed by atoms with van der Waals surface area (Å²) in [6.45, 7) is 0. The van der Waals surface area contributed by atoms with Gasteiger partial charge in [-0.3, -0.25) is 4.79 Å². The Kier molecular flexibility index (Phi) is 4.55. The van der Waals surface area contributed by atoms with E-state index in [2.05, 4.69) is 5.32 Å². The Morgan fingerprint density at radius 1 is 0.955 bits per heavy atom. The van der Waals surface area contributed by atoms with Gasteiger partial charge >= 0.3 is 0 Å². The van der Waals surface area contributed by atoms with Gasteiger partial charge in [0.15, 0.2) is 17.5 Å². The highest BCUT2D eigenvalue weighted by Crippen LogP contribution is 2.24. The zero-order valence-corrected chi connectivity index (χ0v) is 11.7. The van der Waals surface area contributed by atoms with E-state index in [0.29, 0.717) is 11.5 Å². The molecule has 0 saturated heterocycles. The molecule has 22 heavy (non-hydrogen) atoms. The molecule has 4 nitrogen and oxygen atoms in total.